The Labute approximate surface area is 97.7 Å². The van der Waals surface area contributed by atoms with Crippen molar-refractivity contribution in [2.45, 2.75) is 19.3 Å². The van der Waals surface area contributed by atoms with Gasteiger partial charge in [0.2, 0.25) is 0 Å². The monoisotopic (exact) mass is 223 g/mol. The molecule has 3 nitrogen and oxygen atoms in total. The van der Waals surface area contributed by atoms with Crippen molar-refractivity contribution in [1.29, 1.82) is 0 Å². The molecule has 1 rings (SSSR count). The molecule has 1 aromatic rings. The molecule has 0 radical (unpaired) electrons. The minimum Gasteiger partial charge on any atom is -0.496 e. The molecule has 3 heteroatoms. The van der Waals surface area contributed by atoms with Crippen LogP contribution in [0.3, 0.4) is 0 Å². The molecular weight excluding hydrogens is 202 g/mol. The molecule has 1 aromatic carbocycles. The quantitative estimate of drug-likeness (QED) is 0.847. The number of benzene rings is 1. The number of hydrogen-bond donors (Lipinski definition) is 1. The van der Waals surface area contributed by atoms with Gasteiger partial charge >= 0.3 is 0 Å². The molecule has 0 spiro atoms. The van der Waals surface area contributed by atoms with Gasteiger partial charge in [-0.3, -0.25) is 0 Å². The van der Waals surface area contributed by atoms with Crippen LogP contribution in [0.2, 0.25) is 0 Å². The topological polar surface area (TPSA) is 32.7 Å². The van der Waals surface area contributed by atoms with Crippen molar-refractivity contribution in [2.75, 3.05) is 32.7 Å². The number of anilines is 1. The van der Waals surface area contributed by atoms with Gasteiger partial charge in [0.25, 0.3) is 0 Å². The highest BCUT2D eigenvalue weighted by Crippen LogP contribution is 2.34. The van der Waals surface area contributed by atoms with Gasteiger partial charge in [-0.2, -0.15) is 0 Å². The van der Waals surface area contributed by atoms with Crippen LogP contribution in [0.15, 0.2) is 18.2 Å². The largest absolute Gasteiger partial charge is 0.496 e. The third-order valence-electron chi connectivity index (χ3n) is 2.82. The summed E-state index contributed by atoms with van der Waals surface area (Å²) in [6, 6.07) is 6.02. The fourth-order valence-electron chi connectivity index (χ4n) is 1.59. The summed E-state index contributed by atoms with van der Waals surface area (Å²) in [6.45, 7) is 4.11. The van der Waals surface area contributed by atoms with E-state index in [0.29, 0.717) is 0 Å². The Morgan fingerprint density at radius 3 is 2.38 bits per heavy atom. The van der Waals surface area contributed by atoms with E-state index in [1.165, 1.54) is 0 Å². The zero-order valence-electron chi connectivity index (χ0n) is 10.7. The second-order valence-corrected chi connectivity index (χ2v) is 4.82. The summed E-state index contributed by atoms with van der Waals surface area (Å²) in [4.78, 5) is 2.04. The number of ether oxygens (including phenoxy) is 1. The minimum atomic E-state index is -0.294. The molecule has 0 aliphatic carbocycles. The van der Waals surface area contributed by atoms with E-state index in [1.54, 1.807) is 7.11 Å². The van der Waals surface area contributed by atoms with Gasteiger partial charge in [-0.15, -0.1) is 0 Å². The highest BCUT2D eigenvalue weighted by molar-refractivity contribution is 5.54. The van der Waals surface area contributed by atoms with Crippen LogP contribution in [0.1, 0.15) is 19.4 Å². The maximum absolute atomic E-state index is 9.43. The Balaban J connectivity index is 3.27. The average Bonchev–Trinajstić information content (AvgIpc) is 2.28. The lowest BCUT2D eigenvalue weighted by Gasteiger charge is -2.26. The van der Waals surface area contributed by atoms with Crippen molar-refractivity contribution >= 4 is 5.69 Å². The smallest absolute Gasteiger partial charge is 0.122 e. The molecule has 0 fully saturated rings. The molecule has 0 aromatic heterocycles. The van der Waals surface area contributed by atoms with Crippen LogP contribution in [0.5, 0.6) is 5.75 Å². The van der Waals surface area contributed by atoms with E-state index in [9.17, 15) is 5.11 Å². The van der Waals surface area contributed by atoms with Crippen molar-refractivity contribution in [3.63, 3.8) is 0 Å². The van der Waals surface area contributed by atoms with Gasteiger partial charge in [0.15, 0.2) is 0 Å². The zero-order valence-corrected chi connectivity index (χ0v) is 10.7. The molecule has 0 saturated carbocycles. The Morgan fingerprint density at radius 2 is 1.94 bits per heavy atom. The molecule has 0 aliphatic rings. The summed E-state index contributed by atoms with van der Waals surface area (Å²) < 4.78 is 5.34. The predicted octanol–water partition coefficient (Wildman–Crippen LogP) is 2.03. The number of rotatable bonds is 4. The summed E-state index contributed by atoms with van der Waals surface area (Å²) in [5.41, 5.74) is 1.85. The summed E-state index contributed by atoms with van der Waals surface area (Å²) in [5, 5.41) is 9.43. The number of nitrogens with zero attached hydrogens (tertiary/aromatic N) is 1. The summed E-state index contributed by atoms with van der Waals surface area (Å²) >= 11 is 0. The maximum Gasteiger partial charge on any atom is 0.122 e. The standard InChI is InChI=1S/C13H21NO2/c1-13(2,9-15)11-8-10(14(3)4)6-7-12(11)16-5/h6-8,15H,9H2,1-5H3. The van der Waals surface area contributed by atoms with Crippen LogP contribution in [-0.4, -0.2) is 32.9 Å². The zero-order chi connectivity index (χ0) is 12.3. The molecule has 0 heterocycles. The number of hydrogen-bond acceptors (Lipinski definition) is 3. The molecule has 0 saturated heterocycles. The van der Waals surface area contributed by atoms with E-state index in [4.69, 9.17) is 4.74 Å². The Morgan fingerprint density at radius 1 is 1.31 bits per heavy atom. The van der Waals surface area contributed by atoms with Crippen molar-refractivity contribution < 1.29 is 9.84 Å². The first-order valence-electron chi connectivity index (χ1n) is 5.39. The Bertz CT molecular complexity index is 359. The molecule has 16 heavy (non-hydrogen) atoms. The van der Waals surface area contributed by atoms with Gasteiger partial charge < -0.3 is 14.7 Å². The van der Waals surface area contributed by atoms with Crippen molar-refractivity contribution in [3.8, 4) is 5.75 Å². The van der Waals surface area contributed by atoms with Gasteiger partial charge in [0, 0.05) is 30.8 Å². The number of methoxy groups -OCH3 is 1. The summed E-state index contributed by atoms with van der Waals surface area (Å²) in [5.74, 6) is 0.824. The van der Waals surface area contributed by atoms with Crippen molar-refractivity contribution in [1.82, 2.24) is 0 Å². The fourth-order valence-corrected chi connectivity index (χ4v) is 1.59. The SMILES string of the molecule is COc1ccc(N(C)C)cc1C(C)(C)CO. The van der Waals surface area contributed by atoms with Gasteiger partial charge in [0.1, 0.15) is 5.75 Å². The molecular formula is C13H21NO2. The summed E-state index contributed by atoms with van der Waals surface area (Å²) in [7, 11) is 5.65. The summed E-state index contributed by atoms with van der Waals surface area (Å²) in [6.07, 6.45) is 0. The van der Waals surface area contributed by atoms with Crippen molar-refractivity contribution in [3.05, 3.63) is 23.8 Å². The van der Waals surface area contributed by atoms with Gasteiger partial charge in [-0.25, -0.2) is 0 Å². The van der Waals surface area contributed by atoms with E-state index < -0.39 is 0 Å². The fraction of sp³-hybridized carbons (Fsp3) is 0.538. The lowest BCUT2D eigenvalue weighted by molar-refractivity contribution is 0.215. The molecule has 90 valence electrons. The molecule has 0 atom stereocenters. The van der Waals surface area contributed by atoms with Crippen LogP contribution in [0, 0.1) is 0 Å². The normalized spacial score (nSPS) is 11.4. The van der Waals surface area contributed by atoms with Crippen LogP contribution < -0.4 is 9.64 Å². The third-order valence-corrected chi connectivity index (χ3v) is 2.82. The molecule has 0 amide bonds. The van der Waals surface area contributed by atoms with Gasteiger partial charge in [-0.05, 0) is 18.2 Å². The first-order valence-corrected chi connectivity index (χ1v) is 5.39. The lowest BCUT2D eigenvalue weighted by atomic mass is 9.84. The highest BCUT2D eigenvalue weighted by Gasteiger charge is 2.24. The average molecular weight is 223 g/mol. The Kier molecular flexibility index (Phi) is 3.81. The maximum atomic E-state index is 9.43. The van der Waals surface area contributed by atoms with Crippen LogP contribution in [-0.2, 0) is 5.41 Å². The van der Waals surface area contributed by atoms with Crippen LogP contribution in [0.4, 0.5) is 5.69 Å². The highest BCUT2D eigenvalue weighted by atomic mass is 16.5. The minimum absolute atomic E-state index is 0.0975. The molecule has 0 aliphatic heterocycles. The second-order valence-electron chi connectivity index (χ2n) is 4.82. The van der Waals surface area contributed by atoms with E-state index in [2.05, 4.69) is 6.07 Å². The molecule has 0 bridgehead atoms. The Hall–Kier alpha value is -1.22. The molecule has 1 N–H and O–H groups in total. The number of aliphatic hydroxyl groups excluding tert-OH is 1. The van der Waals surface area contributed by atoms with Gasteiger partial charge in [0.05, 0.1) is 13.7 Å². The van der Waals surface area contributed by atoms with Crippen LogP contribution >= 0.6 is 0 Å². The second kappa shape index (κ2) is 4.74. The molecule has 0 unspecified atom stereocenters. The van der Waals surface area contributed by atoms with Gasteiger partial charge in [-0.1, -0.05) is 13.8 Å². The van der Waals surface area contributed by atoms with E-state index in [-0.39, 0.29) is 12.0 Å². The van der Waals surface area contributed by atoms with E-state index in [1.807, 2.05) is 45.0 Å². The van der Waals surface area contributed by atoms with E-state index in [0.717, 1.165) is 17.0 Å². The van der Waals surface area contributed by atoms with E-state index >= 15 is 0 Å². The van der Waals surface area contributed by atoms with Crippen molar-refractivity contribution in [2.24, 2.45) is 0 Å². The first kappa shape index (κ1) is 12.8. The first-order chi connectivity index (χ1) is 7.42. The number of aliphatic hydroxyl groups is 1. The lowest BCUT2D eigenvalue weighted by Crippen LogP contribution is -2.23. The van der Waals surface area contributed by atoms with Crippen LogP contribution in [0.25, 0.3) is 0 Å². The third kappa shape index (κ3) is 2.47. The predicted molar refractivity (Wildman–Crippen MR) is 67.4 cm³/mol.